The van der Waals surface area contributed by atoms with Crippen molar-refractivity contribution in [3.63, 3.8) is 0 Å². The van der Waals surface area contributed by atoms with Crippen molar-refractivity contribution in [1.82, 2.24) is 20.2 Å². The monoisotopic (exact) mass is 203 g/mol. The van der Waals surface area contributed by atoms with E-state index in [1.165, 1.54) is 6.33 Å². The summed E-state index contributed by atoms with van der Waals surface area (Å²) < 4.78 is 0. The Hall–Kier alpha value is -2.24. The molecule has 2 aromatic rings. The van der Waals surface area contributed by atoms with Crippen LogP contribution in [-0.2, 0) is 0 Å². The third-order valence-corrected chi connectivity index (χ3v) is 1.76. The van der Waals surface area contributed by atoms with Gasteiger partial charge in [0, 0.05) is 6.20 Å². The smallest absolute Gasteiger partial charge is 0.293 e. The fourth-order valence-corrected chi connectivity index (χ4v) is 1.13. The number of nitrogens with one attached hydrogen (secondary N) is 2. The molecular formula is C9H9N5O. The highest BCUT2D eigenvalue weighted by Gasteiger charge is 2.08. The van der Waals surface area contributed by atoms with E-state index in [0.717, 1.165) is 5.56 Å². The van der Waals surface area contributed by atoms with Gasteiger partial charge < -0.3 is 5.32 Å². The van der Waals surface area contributed by atoms with Gasteiger partial charge in [0.2, 0.25) is 5.82 Å². The number of carbonyl (C=O) groups is 1. The van der Waals surface area contributed by atoms with Gasteiger partial charge in [0.15, 0.2) is 0 Å². The number of amides is 1. The van der Waals surface area contributed by atoms with Crippen molar-refractivity contribution in [3.8, 4) is 0 Å². The first-order valence-electron chi connectivity index (χ1n) is 4.34. The second-order valence-electron chi connectivity index (χ2n) is 3.04. The Morgan fingerprint density at radius 1 is 1.47 bits per heavy atom. The van der Waals surface area contributed by atoms with E-state index in [2.05, 4.69) is 25.5 Å². The number of aryl methyl sites for hydroxylation is 1. The molecule has 0 bridgehead atoms. The first-order valence-corrected chi connectivity index (χ1v) is 4.34. The van der Waals surface area contributed by atoms with Gasteiger partial charge in [-0.1, -0.05) is 0 Å². The van der Waals surface area contributed by atoms with Gasteiger partial charge in [-0.25, -0.2) is 4.98 Å². The molecular weight excluding hydrogens is 194 g/mol. The van der Waals surface area contributed by atoms with Crippen LogP contribution in [0.5, 0.6) is 0 Å². The molecule has 0 fully saturated rings. The summed E-state index contributed by atoms with van der Waals surface area (Å²) in [6.45, 7) is 1.90. The summed E-state index contributed by atoms with van der Waals surface area (Å²) in [6.07, 6.45) is 4.56. The van der Waals surface area contributed by atoms with Crippen LogP contribution in [0.15, 0.2) is 24.8 Å². The van der Waals surface area contributed by atoms with Crippen molar-refractivity contribution >= 4 is 11.6 Å². The van der Waals surface area contributed by atoms with Crippen molar-refractivity contribution in [1.29, 1.82) is 0 Å². The quantitative estimate of drug-likeness (QED) is 0.754. The third-order valence-electron chi connectivity index (χ3n) is 1.76. The molecule has 6 nitrogen and oxygen atoms in total. The molecule has 2 N–H and O–H groups in total. The van der Waals surface area contributed by atoms with Crippen LogP contribution >= 0.6 is 0 Å². The highest BCUT2D eigenvalue weighted by atomic mass is 16.2. The molecule has 0 saturated carbocycles. The predicted octanol–water partition coefficient (Wildman–Crippen LogP) is 0.760. The van der Waals surface area contributed by atoms with Crippen LogP contribution in [0.25, 0.3) is 0 Å². The average Bonchev–Trinajstić information content (AvgIpc) is 2.70. The van der Waals surface area contributed by atoms with Crippen LogP contribution in [0.1, 0.15) is 16.2 Å². The minimum absolute atomic E-state index is 0.177. The van der Waals surface area contributed by atoms with Gasteiger partial charge in [0.1, 0.15) is 6.33 Å². The number of carbonyl (C=O) groups excluding carboxylic acids is 1. The minimum atomic E-state index is -0.333. The summed E-state index contributed by atoms with van der Waals surface area (Å²) in [4.78, 5) is 19.2. The second kappa shape index (κ2) is 3.87. The number of rotatable bonds is 2. The molecule has 0 saturated heterocycles. The summed E-state index contributed by atoms with van der Waals surface area (Å²) in [6, 6.07) is 1.82. The van der Waals surface area contributed by atoms with Gasteiger partial charge in [-0.2, -0.15) is 5.10 Å². The Morgan fingerprint density at radius 3 is 3.00 bits per heavy atom. The number of aromatic nitrogens is 4. The Balaban J connectivity index is 2.13. The molecule has 0 aliphatic heterocycles. The Kier molecular flexibility index (Phi) is 2.40. The van der Waals surface area contributed by atoms with Gasteiger partial charge >= 0.3 is 0 Å². The number of hydrogen-bond acceptors (Lipinski definition) is 4. The van der Waals surface area contributed by atoms with Crippen LogP contribution in [-0.4, -0.2) is 26.1 Å². The van der Waals surface area contributed by atoms with Crippen LogP contribution in [0.3, 0.4) is 0 Å². The van der Waals surface area contributed by atoms with E-state index in [9.17, 15) is 4.79 Å². The second-order valence-corrected chi connectivity index (χ2v) is 3.04. The molecule has 0 aromatic carbocycles. The zero-order valence-electron chi connectivity index (χ0n) is 8.06. The van der Waals surface area contributed by atoms with Crippen LogP contribution in [0.2, 0.25) is 0 Å². The largest absolute Gasteiger partial charge is 0.318 e. The zero-order valence-corrected chi connectivity index (χ0v) is 8.06. The van der Waals surface area contributed by atoms with E-state index >= 15 is 0 Å². The van der Waals surface area contributed by atoms with Crippen molar-refractivity contribution < 1.29 is 4.79 Å². The molecule has 76 valence electrons. The lowest BCUT2D eigenvalue weighted by atomic mass is 10.3. The lowest BCUT2D eigenvalue weighted by Crippen LogP contribution is -2.13. The molecule has 0 atom stereocenters. The highest BCUT2D eigenvalue weighted by Crippen LogP contribution is 2.07. The van der Waals surface area contributed by atoms with Gasteiger partial charge in [0.25, 0.3) is 5.91 Å². The van der Waals surface area contributed by atoms with Crippen molar-refractivity contribution in [2.75, 3.05) is 5.32 Å². The normalized spacial score (nSPS) is 9.93. The first kappa shape index (κ1) is 9.32. The molecule has 2 rings (SSSR count). The highest BCUT2D eigenvalue weighted by molar-refractivity contribution is 6.01. The van der Waals surface area contributed by atoms with Gasteiger partial charge in [0.05, 0.1) is 11.9 Å². The Morgan fingerprint density at radius 2 is 2.33 bits per heavy atom. The van der Waals surface area contributed by atoms with Crippen molar-refractivity contribution in [3.05, 3.63) is 36.2 Å². The minimum Gasteiger partial charge on any atom is -0.318 e. The molecule has 1 amide bonds. The van der Waals surface area contributed by atoms with E-state index in [4.69, 9.17) is 0 Å². The predicted molar refractivity (Wildman–Crippen MR) is 53.3 cm³/mol. The number of H-pyrrole nitrogens is 1. The summed E-state index contributed by atoms with van der Waals surface area (Å²) >= 11 is 0. The number of nitrogens with zero attached hydrogens (tertiary/aromatic N) is 3. The average molecular weight is 203 g/mol. The standard InChI is InChI=1S/C9H9N5O/c1-6-2-7(4-10-3-6)13-9(15)8-11-5-12-14-8/h2-5H,1H3,(H,13,15)(H,11,12,14). The maximum absolute atomic E-state index is 11.5. The fraction of sp³-hybridized carbons (Fsp3) is 0.111. The van der Waals surface area contributed by atoms with E-state index in [-0.39, 0.29) is 11.7 Å². The molecule has 0 unspecified atom stereocenters. The summed E-state index contributed by atoms with van der Waals surface area (Å²) in [5.41, 5.74) is 1.61. The lowest BCUT2D eigenvalue weighted by molar-refractivity contribution is 0.101. The van der Waals surface area contributed by atoms with Crippen LogP contribution < -0.4 is 5.32 Å². The molecule has 6 heteroatoms. The third kappa shape index (κ3) is 2.16. The first-order chi connectivity index (χ1) is 7.25. The van der Waals surface area contributed by atoms with E-state index in [1.54, 1.807) is 12.4 Å². The molecule has 2 aromatic heterocycles. The maximum atomic E-state index is 11.5. The molecule has 2 heterocycles. The van der Waals surface area contributed by atoms with Crippen LogP contribution in [0, 0.1) is 6.92 Å². The van der Waals surface area contributed by atoms with E-state index < -0.39 is 0 Å². The maximum Gasteiger partial charge on any atom is 0.293 e. The number of pyridine rings is 1. The topological polar surface area (TPSA) is 83.6 Å². The van der Waals surface area contributed by atoms with Gasteiger partial charge in [-0.3, -0.25) is 14.9 Å². The number of aromatic amines is 1. The number of hydrogen-bond donors (Lipinski definition) is 2. The van der Waals surface area contributed by atoms with Crippen molar-refractivity contribution in [2.45, 2.75) is 6.92 Å². The molecule has 15 heavy (non-hydrogen) atoms. The summed E-state index contributed by atoms with van der Waals surface area (Å²) in [5, 5.41) is 8.72. The Labute approximate surface area is 85.8 Å². The SMILES string of the molecule is Cc1cncc(NC(=O)c2ncn[nH]2)c1. The van der Waals surface area contributed by atoms with Gasteiger partial charge in [-0.05, 0) is 18.6 Å². The van der Waals surface area contributed by atoms with Crippen LogP contribution in [0.4, 0.5) is 5.69 Å². The Bertz CT molecular complexity index is 465. The summed E-state index contributed by atoms with van der Waals surface area (Å²) in [5.74, 6) is -0.156. The van der Waals surface area contributed by atoms with E-state index in [0.29, 0.717) is 5.69 Å². The molecule has 0 spiro atoms. The van der Waals surface area contributed by atoms with Gasteiger partial charge in [-0.15, -0.1) is 0 Å². The molecule has 0 aliphatic carbocycles. The molecule has 0 aliphatic rings. The van der Waals surface area contributed by atoms with E-state index in [1.807, 2.05) is 13.0 Å². The number of anilines is 1. The lowest BCUT2D eigenvalue weighted by Gasteiger charge is -2.02. The van der Waals surface area contributed by atoms with Crippen molar-refractivity contribution in [2.24, 2.45) is 0 Å². The fourth-order valence-electron chi connectivity index (χ4n) is 1.13. The zero-order chi connectivity index (χ0) is 10.7. The summed E-state index contributed by atoms with van der Waals surface area (Å²) in [7, 11) is 0. The molecule has 0 radical (unpaired) electrons.